The summed E-state index contributed by atoms with van der Waals surface area (Å²) in [4.78, 5) is 38.8. The summed E-state index contributed by atoms with van der Waals surface area (Å²) in [7, 11) is 0. The summed E-state index contributed by atoms with van der Waals surface area (Å²) in [6.45, 7) is 6.99. The van der Waals surface area contributed by atoms with E-state index in [0.717, 1.165) is 5.56 Å². The van der Waals surface area contributed by atoms with E-state index in [1.165, 1.54) is 0 Å². The lowest BCUT2D eigenvalue weighted by Crippen LogP contribution is -2.31. The van der Waals surface area contributed by atoms with Crippen molar-refractivity contribution in [2.45, 2.75) is 33.6 Å². The molecule has 0 aliphatic rings. The number of anilines is 1. The average Bonchev–Trinajstić information content (AvgIpc) is 2.68. The second-order valence-corrected chi connectivity index (χ2v) is 6.36. The van der Waals surface area contributed by atoms with Crippen LogP contribution in [0.5, 0.6) is 0 Å². The normalized spacial score (nSPS) is 10.3. The number of ketones is 1. The molecule has 0 saturated carbocycles. The van der Waals surface area contributed by atoms with E-state index in [2.05, 4.69) is 5.32 Å². The minimum absolute atomic E-state index is 0.0699. The Morgan fingerprint density at radius 1 is 0.889 bits per heavy atom. The maximum Gasteiger partial charge on any atom is 0.255 e. The van der Waals surface area contributed by atoms with Gasteiger partial charge in [0.1, 0.15) is 0 Å². The van der Waals surface area contributed by atoms with Crippen LogP contribution in [-0.2, 0) is 4.79 Å². The Bertz CT molecular complexity index is 809. The van der Waals surface area contributed by atoms with Gasteiger partial charge in [0, 0.05) is 31.5 Å². The molecule has 27 heavy (non-hydrogen) atoms. The van der Waals surface area contributed by atoms with Crippen LogP contribution in [0.3, 0.4) is 0 Å². The number of para-hydroxylation sites is 1. The van der Waals surface area contributed by atoms with E-state index in [9.17, 15) is 14.4 Å². The predicted molar refractivity (Wildman–Crippen MR) is 107 cm³/mol. The molecule has 2 aromatic rings. The van der Waals surface area contributed by atoms with Gasteiger partial charge in [0.25, 0.3) is 5.91 Å². The van der Waals surface area contributed by atoms with Crippen LogP contribution in [0.15, 0.2) is 48.5 Å². The highest BCUT2D eigenvalue weighted by molar-refractivity contribution is 6.05. The Morgan fingerprint density at radius 2 is 1.52 bits per heavy atom. The third-order valence-corrected chi connectivity index (χ3v) is 4.43. The molecule has 142 valence electrons. The fraction of sp³-hybridized carbons (Fsp3) is 0.318. The van der Waals surface area contributed by atoms with Gasteiger partial charge in [-0.05, 0) is 32.9 Å². The Kier molecular flexibility index (Phi) is 7.29. The summed E-state index contributed by atoms with van der Waals surface area (Å²) in [5.41, 5.74) is 2.62. The topological polar surface area (TPSA) is 66.5 Å². The molecule has 0 aliphatic heterocycles. The van der Waals surface area contributed by atoms with Crippen molar-refractivity contribution in [1.82, 2.24) is 4.90 Å². The van der Waals surface area contributed by atoms with Gasteiger partial charge in [-0.15, -0.1) is 0 Å². The molecular weight excluding hydrogens is 340 g/mol. The third-order valence-electron chi connectivity index (χ3n) is 4.43. The van der Waals surface area contributed by atoms with E-state index in [1.807, 2.05) is 32.9 Å². The van der Waals surface area contributed by atoms with Crippen molar-refractivity contribution < 1.29 is 14.4 Å². The zero-order valence-corrected chi connectivity index (χ0v) is 16.1. The monoisotopic (exact) mass is 366 g/mol. The zero-order valence-electron chi connectivity index (χ0n) is 16.1. The molecule has 0 radical (unpaired) electrons. The zero-order chi connectivity index (χ0) is 19.8. The van der Waals surface area contributed by atoms with Gasteiger partial charge < -0.3 is 10.2 Å². The van der Waals surface area contributed by atoms with Crippen LogP contribution in [0.4, 0.5) is 5.69 Å². The van der Waals surface area contributed by atoms with Crippen molar-refractivity contribution in [3.63, 3.8) is 0 Å². The van der Waals surface area contributed by atoms with Crippen LogP contribution < -0.4 is 5.32 Å². The molecule has 1 N–H and O–H groups in total. The van der Waals surface area contributed by atoms with E-state index >= 15 is 0 Å². The number of carbonyl (C=O) groups is 3. The van der Waals surface area contributed by atoms with Gasteiger partial charge in [0.2, 0.25) is 5.91 Å². The van der Waals surface area contributed by atoms with E-state index in [0.29, 0.717) is 29.9 Å². The Hall–Kier alpha value is -2.95. The summed E-state index contributed by atoms with van der Waals surface area (Å²) < 4.78 is 0. The molecule has 5 heteroatoms. The molecule has 0 fully saturated rings. The second-order valence-electron chi connectivity index (χ2n) is 6.36. The van der Waals surface area contributed by atoms with E-state index in [-0.39, 0.29) is 30.4 Å². The van der Waals surface area contributed by atoms with Crippen molar-refractivity contribution >= 4 is 23.3 Å². The number of hydrogen-bond acceptors (Lipinski definition) is 3. The Labute approximate surface area is 160 Å². The molecule has 0 heterocycles. The SMILES string of the molecule is CCN(CC)C(=O)c1ccccc1NC(=O)CCC(=O)c1ccc(C)cc1. The maximum absolute atomic E-state index is 12.6. The van der Waals surface area contributed by atoms with Crippen LogP contribution in [0.2, 0.25) is 0 Å². The van der Waals surface area contributed by atoms with Gasteiger partial charge in [-0.2, -0.15) is 0 Å². The molecular formula is C22H26N2O3. The molecule has 2 rings (SSSR count). The van der Waals surface area contributed by atoms with Crippen LogP contribution in [0.1, 0.15) is 53.0 Å². The molecule has 0 aromatic heterocycles. The van der Waals surface area contributed by atoms with Crippen molar-refractivity contribution in [1.29, 1.82) is 0 Å². The van der Waals surface area contributed by atoms with Gasteiger partial charge in [0.15, 0.2) is 5.78 Å². The highest BCUT2D eigenvalue weighted by Gasteiger charge is 2.17. The number of hydrogen-bond donors (Lipinski definition) is 1. The van der Waals surface area contributed by atoms with Crippen molar-refractivity contribution in [2.24, 2.45) is 0 Å². The van der Waals surface area contributed by atoms with Crippen molar-refractivity contribution in [2.75, 3.05) is 18.4 Å². The number of aryl methyl sites for hydroxylation is 1. The smallest absolute Gasteiger partial charge is 0.255 e. The Morgan fingerprint density at radius 3 is 2.15 bits per heavy atom. The molecule has 0 saturated heterocycles. The summed E-state index contributed by atoms with van der Waals surface area (Å²) >= 11 is 0. The lowest BCUT2D eigenvalue weighted by Gasteiger charge is -2.20. The number of amides is 2. The van der Waals surface area contributed by atoms with Crippen LogP contribution >= 0.6 is 0 Å². The largest absolute Gasteiger partial charge is 0.339 e. The van der Waals surface area contributed by atoms with E-state index < -0.39 is 0 Å². The maximum atomic E-state index is 12.6. The first kappa shape index (κ1) is 20.4. The van der Waals surface area contributed by atoms with Crippen molar-refractivity contribution in [3.05, 3.63) is 65.2 Å². The number of nitrogens with one attached hydrogen (secondary N) is 1. The molecule has 0 aliphatic carbocycles. The number of Topliss-reactive ketones (excluding diaryl/α,β-unsaturated/α-hetero) is 1. The highest BCUT2D eigenvalue weighted by atomic mass is 16.2. The fourth-order valence-electron chi connectivity index (χ4n) is 2.78. The minimum Gasteiger partial charge on any atom is -0.339 e. The lowest BCUT2D eigenvalue weighted by molar-refractivity contribution is -0.116. The van der Waals surface area contributed by atoms with E-state index in [1.54, 1.807) is 41.3 Å². The molecule has 2 aromatic carbocycles. The molecule has 0 unspecified atom stereocenters. The Balaban J connectivity index is 2.00. The fourth-order valence-corrected chi connectivity index (χ4v) is 2.78. The number of rotatable bonds is 8. The number of carbonyl (C=O) groups excluding carboxylic acids is 3. The molecule has 0 bridgehead atoms. The van der Waals surface area contributed by atoms with Crippen LogP contribution in [0.25, 0.3) is 0 Å². The quantitative estimate of drug-likeness (QED) is 0.716. The van der Waals surface area contributed by atoms with Crippen LogP contribution in [-0.4, -0.2) is 35.6 Å². The summed E-state index contributed by atoms with van der Waals surface area (Å²) in [5.74, 6) is -0.473. The second kappa shape index (κ2) is 9.67. The molecule has 5 nitrogen and oxygen atoms in total. The van der Waals surface area contributed by atoms with Gasteiger partial charge in [-0.1, -0.05) is 42.0 Å². The molecule has 2 amide bonds. The first-order valence-electron chi connectivity index (χ1n) is 9.24. The standard InChI is InChI=1S/C22H26N2O3/c1-4-24(5-2)22(27)18-8-6-7-9-19(18)23-21(26)15-14-20(25)17-12-10-16(3)11-13-17/h6-13H,4-5,14-15H2,1-3H3,(H,23,26). The van der Waals surface area contributed by atoms with Gasteiger partial charge >= 0.3 is 0 Å². The predicted octanol–water partition coefficient (Wildman–Crippen LogP) is 4.08. The van der Waals surface area contributed by atoms with E-state index in [4.69, 9.17) is 0 Å². The molecule has 0 atom stereocenters. The van der Waals surface area contributed by atoms with Gasteiger partial charge in [0.05, 0.1) is 11.3 Å². The summed E-state index contributed by atoms with van der Waals surface area (Å²) in [6.07, 6.45) is 0.196. The minimum atomic E-state index is -0.282. The first-order chi connectivity index (χ1) is 13.0. The molecule has 0 spiro atoms. The van der Waals surface area contributed by atoms with Gasteiger partial charge in [-0.3, -0.25) is 14.4 Å². The van der Waals surface area contributed by atoms with Crippen LogP contribution in [0, 0.1) is 6.92 Å². The van der Waals surface area contributed by atoms with Crippen molar-refractivity contribution in [3.8, 4) is 0 Å². The number of benzene rings is 2. The summed E-state index contributed by atoms with van der Waals surface area (Å²) in [6, 6.07) is 14.2. The van der Waals surface area contributed by atoms with Gasteiger partial charge in [-0.25, -0.2) is 0 Å². The average molecular weight is 366 g/mol. The number of nitrogens with zero attached hydrogens (tertiary/aromatic N) is 1. The summed E-state index contributed by atoms with van der Waals surface area (Å²) in [5, 5.41) is 2.77. The lowest BCUT2D eigenvalue weighted by atomic mass is 10.0. The third kappa shape index (κ3) is 5.51. The first-order valence-corrected chi connectivity index (χ1v) is 9.24. The highest BCUT2D eigenvalue weighted by Crippen LogP contribution is 2.18.